The molecule has 10 heteroatoms. The molecule has 6 nitrogen and oxygen atoms in total. The van der Waals surface area contributed by atoms with E-state index >= 15 is 0 Å². The number of benzene rings is 2. The summed E-state index contributed by atoms with van der Waals surface area (Å²) in [5.41, 5.74) is 3.16. The fourth-order valence-corrected chi connectivity index (χ4v) is 4.76. The molecule has 0 amide bonds. The molecule has 6 rings (SSSR count). The normalized spacial score (nSPS) is 22.0. The van der Waals surface area contributed by atoms with Gasteiger partial charge in [-0.15, -0.1) is 0 Å². The molecule has 0 aliphatic carbocycles. The zero-order valence-electron chi connectivity index (χ0n) is 18.2. The molecular weight excluding hydrogens is 483 g/mol. The molecule has 2 aliphatic heterocycles. The number of nitrogens with zero attached hydrogens (tertiary/aromatic N) is 2. The van der Waals surface area contributed by atoms with Gasteiger partial charge in [-0.3, -0.25) is 0 Å². The summed E-state index contributed by atoms with van der Waals surface area (Å²) in [6.07, 6.45) is -3.77. The molecule has 2 fully saturated rings. The van der Waals surface area contributed by atoms with Crippen molar-refractivity contribution in [3.63, 3.8) is 0 Å². The summed E-state index contributed by atoms with van der Waals surface area (Å²) >= 11 is 6.51. The van der Waals surface area contributed by atoms with Crippen LogP contribution in [0.1, 0.15) is 12.0 Å². The molecular formula is C25H19ClF3N3O3. The number of alkyl halides is 3. The number of H-pyrrole nitrogens is 1. The van der Waals surface area contributed by atoms with E-state index in [1.54, 1.807) is 6.07 Å². The molecule has 0 spiro atoms. The number of hydrogen-bond acceptors (Lipinski definition) is 5. The average Bonchev–Trinajstić information content (AvgIpc) is 3.55. The summed E-state index contributed by atoms with van der Waals surface area (Å²) in [5, 5.41) is 0.429. The molecule has 4 aromatic rings. The Kier molecular flexibility index (Phi) is 5.43. The first-order valence-electron chi connectivity index (χ1n) is 11.1. The number of hydrogen-bond donors (Lipinski definition) is 1. The Morgan fingerprint density at radius 3 is 2.34 bits per heavy atom. The van der Waals surface area contributed by atoms with Crippen molar-refractivity contribution in [3.05, 3.63) is 65.2 Å². The molecule has 35 heavy (non-hydrogen) atoms. The average molecular weight is 502 g/mol. The van der Waals surface area contributed by atoms with E-state index in [9.17, 15) is 13.2 Å². The van der Waals surface area contributed by atoms with E-state index < -0.39 is 11.7 Å². The van der Waals surface area contributed by atoms with Crippen LogP contribution in [0.4, 0.5) is 13.2 Å². The van der Waals surface area contributed by atoms with Crippen molar-refractivity contribution in [2.24, 2.45) is 0 Å². The molecule has 0 bridgehead atoms. The van der Waals surface area contributed by atoms with Crippen molar-refractivity contribution in [3.8, 4) is 28.4 Å². The largest absolute Gasteiger partial charge is 0.456 e. The number of imidazole rings is 1. The highest BCUT2D eigenvalue weighted by Crippen LogP contribution is 2.34. The van der Waals surface area contributed by atoms with Crippen molar-refractivity contribution in [1.29, 1.82) is 0 Å². The van der Waals surface area contributed by atoms with Crippen LogP contribution in [0.15, 0.2) is 54.6 Å². The van der Waals surface area contributed by atoms with Crippen LogP contribution in [0.3, 0.4) is 0 Å². The number of aromatic nitrogens is 3. The van der Waals surface area contributed by atoms with Crippen molar-refractivity contribution in [2.75, 3.05) is 13.2 Å². The topological polar surface area (TPSA) is 69.3 Å². The lowest BCUT2D eigenvalue weighted by Gasteiger charge is -2.15. The molecule has 1 N–H and O–H groups in total. The molecule has 0 radical (unpaired) electrons. The Morgan fingerprint density at radius 2 is 1.63 bits per heavy atom. The number of pyridine rings is 1. The van der Waals surface area contributed by atoms with Crippen LogP contribution in [-0.4, -0.2) is 46.5 Å². The number of fused-ring (bicyclic) bond motifs is 2. The number of rotatable bonds is 4. The van der Waals surface area contributed by atoms with Crippen LogP contribution < -0.4 is 4.74 Å². The van der Waals surface area contributed by atoms with E-state index in [1.807, 2.05) is 24.3 Å². The molecule has 3 atom stereocenters. The lowest BCUT2D eigenvalue weighted by Crippen LogP contribution is -2.32. The minimum absolute atomic E-state index is 0.0640. The standard InChI is InChI=1S/C25H19ClF3N3O3/c26-17-11-18-23(32-24(30-18)35-20-12-34-19-9-10-33-22(19)20)31-21(17)15-3-1-13(2-4-15)14-5-7-16(8-6-14)25(27,28)29/h1-8,11,19-20,22H,9-10,12H2,(H,30,31,32). The van der Waals surface area contributed by atoms with Crippen LogP contribution in [0.25, 0.3) is 33.5 Å². The zero-order chi connectivity index (χ0) is 24.2. The van der Waals surface area contributed by atoms with Crippen LogP contribution in [0, 0.1) is 0 Å². The number of halogens is 4. The summed E-state index contributed by atoms with van der Waals surface area (Å²) in [7, 11) is 0. The van der Waals surface area contributed by atoms with Gasteiger partial charge in [-0.2, -0.15) is 18.2 Å². The van der Waals surface area contributed by atoms with Gasteiger partial charge in [0.2, 0.25) is 0 Å². The summed E-state index contributed by atoms with van der Waals surface area (Å²) in [6, 6.07) is 14.4. The second-order valence-electron chi connectivity index (χ2n) is 8.54. The summed E-state index contributed by atoms with van der Waals surface area (Å²) < 4.78 is 55.9. The monoisotopic (exact) mass is 501 g/mol. The van der Waals surface area contributed by atoms with E-state index in [1.165, 1.54) is 12.1 Å². The van der Waals surface area contributed by atoms with Gasteiger partial charge in [0.1, 0.15) is 6.10 Å². The fraction of sp³-hybridized carbons (Fsp3) is 0.280. The Balaban J connectivity index is 1.23. The SMILES string of the molecule is FC(F)(F)c1ccc(-c2ccc(-c3nc4nc(OC5COC6CCOC65)[nH]c4cc3Cl)cc2)cc1. The van der Waals surface area contributed by atoms with Gasteiger partial charge in [-0.05, 0) is 35.7 Å². The molecule has 2 aromatic heterocycles. The third kappa shape index (κ3) is 4.24. The highest BCUT2D eigenvalue weighted by Gasteiger charge is 2.43. The van der Waals surface area contributed by atoms with E-state index in [4.69, 9.17) is 25.8 Å². The molecule has 0 saturated carbocycles. The Bertz CT molecular complexity index is 1370. The van der Waals surface area contributed by atoms with E-state index in [-0.39, 0.29) is 18.3 Å². The highest BCUT2D eigenvalue weighted by molar-refractivity contribution is 6.33. The van der Waals surface area contributed by atoms with Crippen LogP contribution >= 0.6 is 11.6 Å². The minimum atomic E-state index is -4.36. The number of ether oxygens (including phenoxy) is 3. The van der Waals surface area contributed by atoms with Crippen molar-refractivity contribution < 1.29 is 27.4 Å². The van der Waals surface area contributed by atoms with Gasteiger partial charge < -0.3 is 19.2 Å². The number of aromatic amines is 1. The van der Waals surface area contributed by atoms with Crippen LogP contribution in [0.2, 0.25) is 5.02 Å². The quantitative estimate of drug-likeness (QED) is 0.377. The third-order valence-electron chi connectivity index (χ3n) is 6.29. The van der Waals surface area contributed by atoms with Crippen LogP contribution in [0.5, 0.6) is 6.01 Å². The lowest BCUT2D eigenvalue weighted by atomic mass is 10.0. The van der Waals surface area contributed by atoms with E-state index in [0.717, 1.165) is 29.7 Å². The Labute approximate surface area is 203 Å². The molecule has 2 aliphatic rings. The first-order valence-corrected chi connectivity index (χ1v) is 11.5. The maximum Gasteiger partial charge on any atom is 0.416 e. The van der Waals surface area contributed by atoms with Gasteiger partial charge in [0.15, 0.2) is 11.8 Å². The maximum atomic E-state index is 12.8. The molecule has 4 heterocycles. The molecule has 2 aromatic carbocycles. The fourth-order valence-electron chi connectivity index (χ4n) is 4.50. The molecule has 180 valence electrons. The molecule has 2 saturated heterocycles. The smallest absolute Gasteiger partial charge is 0.416 e. The zero-order valence-corrected chi connectivity index (χ0v) is 18.9. The predicted octanol–water partition coefficient (Wildman–Crippen LogP) is 5.90. The maximum absolute atomic E-state index is 12.8. The Morgan fingerprint density at radius 1 is 0.943 bits per heavy atom. The summed E-state index contributed by atoms with van der Waals surface area (Å²) in [4.78, 5) is 12.2. The van der Waals surface area contributed by atoms with Crippen molar-refractivity contribution in [2.45, 2.75) is 30.9 Å². The lowest BCUT2D eigenvalue weighted by molar-refractivity contribution is -0.137. The third-order valence-corrected chi connectivity index (χ3v) is 6.58. The predicted molar refractivity (Wildman–Crippen MR) is 123 cm³/mol. The number of nitrogens with one attached hydrogen (secondary N) is 1. The minimum Gasteiger partial charge on any atom is -0.456 e. The van der Waals surface area contributed by atoms with Gasteiger partial charge in [0, 0.05) is 12.2 Å². The summed E-state index contributed by atoms with van der Waals surface area (Å²) in [6.45, 7) is 1.10. The summed E-state index contributed by atoms with van der Waals surface area (Å²) in [5.74, 6) is 0. The van der Waals surface area contributed by atoms with Gasteiger partial charge >= 0.3 is 6.18 Å². The highest BCUT2D eigenvalue weighted by atomic mass is 35.5. The van der Waals surface area contributed by atoms with E-state index in [2.05, 4.69) is 15.0 Å². The van der Waals surface area contributed by atoms with Crippen molar-refractivity contribution >= 4 is 22.8 Å². The second kappa shape index (κ2) is 8.51. The van der Waals surface area contributed by atoms with Crippen LogP contribution in [-0.2, 0) is 15.7 Å². The van der Waals surface area contributed by atoms with Crippen molar-refractivity contribution in [1.82, 2.24) is 15.0 Å². The molecule has 3 unspecified atom stereocenters. The first-order chi connectivity index (χ1) is 16.8. The Hall–Kier alpha value is -3.14. The van der Waals surface area contributed by atoms with Gasteiger partial charge in [-0.25, -0.2) is 4.98 Å². The van der Waals surface area contributed by atoms with Gasteiger partial charge in [0.05, 0.1) is 34.5 Å². The van der Waals surface area contributed by atoms with Gasteiger partial charge in [0.25, 0.3) is 6.01 Å². The first kappa shape index (κ1) is 22.3. The second-order valence-corrected chi connectivity index (χ2v) is 8.94. The van der Waals surface area contributed by atoms with E-state index in [0.29, 0.717) is 46.7 Å². The van der Waals surface area contributed by atoms with Gasteiger partial charge in [-0.1, -0.05) is 48.0 Å².